The number of aryl methyl sites for hydroxylation is 1. The van der Waals surface area contributed by atoms with Gasteiger partial charge in [0, 0.05) is 43.9 Å². The standard InChI is InChI=1S/C25H31FN8O5/c1-14(2)22(33-23(37)15-4-5-18(26)16(8-15)10-27)25(39)30-7-6-21(36)32-19(24(38)31-12-20(28)35)9-17-11-29-13-34(17)3/h4-5,8,11,13-14,19,22H,6-7,9,12H2,1-3H3,(H2,28,35)(H,30,39)(H,31,38)(H,32,36)(H,33,37)/t19-,22-/m0/s1. The van der Waals surface area contributed by atoms with E-state index in [0.29, 0.717) is 5.69 Å². The Kier molecular flexibility index (Phi) is 11.1. The second kappa shape index (κ2) is 14.2. The maximum atomic E-state index is 13.6. The highest BCUT2D eigenvalue weighted by atomic mass is 19.1. The fourth-order valence-electron chi connectivity index (χ4n) is 3.48. The minimum absolute atomic E-state index is 0.0138. The number of carbonyl (C=O) groups is 5. The Bertz CT molecular complexity index is 1270. The highest BCUT2D eigenvalue weighted by molar-refractivity contribution is 5.98. The molecule has 0 aliphatic rings. The fourth-order valence-corrected chi connectivity index (χ4v) is 3.48. The van der Waals surface area contributed by atoms with Crippen LogP contribution >= 0.6 is 0 Å². The zero-order valence-electron chi connectivity index (χ0n) is 21.8. The van der Waals surface area contributed by atoms with Gasteiger partial charge in [-0.3, -0.25) is 24.0 Å². The van der Waals surface area contributed by atoms with Crippen LogP contribution in [0, 0.1) is 23.1 Å². The van der Waals surface area contributed by atoms with E-state index < -0.39 is 54.0 Å². The van der Waals surface area contributed by atoms with Crippen LogP contribution < -0.4 is 27.0 Å². The first-order chi connectivity index (χ1) is 18.4. The van der Waals surface area contributed by atoms with Crippen LogP contribution in [0.3, 0.4) is 0 Å². The molecule has 2 rings (SSSR count). The summed E-state index contributed by atoms with van der Waals surface area (Å²) in [4.78, 5) is 65.5. The molecule has 2 atom stereocenters. The Balaban J connectivity index is 1.96. The van der Waals surface area contributed by atoms with Crippen molar-refractivity contribution in [3.63, 3.8) is 0 Å². The van der Waals surface area contributed by atoms with E-state index in [0.717, 1.165) is 12.1 Å². The largest absolute Gasteiger partial charge is 0.368 e. The topological polar surface area (TPSA) is 201 Å². The van der Waals surface area contributed by atoms with E-state index in [1.807, 2.05) is 0 Å². The molecule has 1 aromatic heterocycles. The molecule has 0 bridgehead atoms. The molecule has 13 nitrogen and oxygen atoms in total. The third-order valence-electron chi connectivity index (χ3n) is 5.65. The second-order valence-electron chi connectivity index (χ2n) is 9.05. The van der Waals surface area contributed by atoms with Gasteiger partial charge in [0.1, 0.15) is 24.0 Å². The number of halogens is 1. The summed E-state index contributed by atoms with van der Waals surface area (Å²) in [7, 11) is 1.72. The summed E-state index contributed by atoms with van der Waals surface area (Å²) in [5.74, 6) is -4.23. The first kappa shape index (κ1) is 30.4. The van der Waals surface area contributed by atoms with Crippen LogP contribution in [0.4, 0.5) is 4.39 Å². The number of nitrogens with zero attached hydrogens (tertiary/aromatic N) is 3. The Morgan fingerprint density at radius 2 is 1.85 bits per heavy atom. The predicted molar refractivity (Wildman–Crippen MR) is 136 cm³/mol. The number of amides is 5. The molecule has 14 heteroatoms. The Morgan fingerprint density at radius 1 is 1.13 bits per heavy atom. The average Bonchev–Trinajstić information content (AvgIpc) is 3.29. The summed E-state index contributed by atoms with van der Waals surface area (Å²) in [6.07, 6.45) is 2.98. The van der Waals surface area contributed by atoms with Crippen LogP contribution in [0.1, 0.15) is 41.9 Å². The lowest BCUT2D eigenvalue weighted by atomic mass is 10.0. The minimum Gasteiger partial charge on any atom is -0.368 e. The van der Waals surface area contributed by atoms with Crippen LogP contribution in [-0.2, 0) is 32.6 Å². The van der Waals surface area contributed by atoms with Gasteiger partial charge >= 0.3 is 0 Å². The molecule has 5 amide bonds. The van der Waals surface area contributed by atoms with Crippen molar-refractivity contribution in [2.24, 2.45) is 18.7 Å². The van der Waals surface area contributed by atoms with Gasteiger partial charge in [-0.05, 0) is 24.1 Å². The Hall–Kier alpha value is -4.80. The molecule has 0 aliphatic carbocycles. The highest BCUT2D eigenvalue weighted by Crippen LogP contribution is 2.11. The maximum absolute atomic E-state index is 13.6. The Labute approximate surface area is 224 Å². The zero-order valence-corrected chi connectivity index (χ0v) is 21.8. The number of hydrogen-bond acceptors (Lipinski definition) is 7. The number of rotatable bonds is 13. The molecule has 0 spiro atoms. The number of imidazole rings is 1. The predicted octanol–water partition coefficient (Wildman–Crippen LogP) is -0.979. The minimum atomic E-state index is -1.03. The van der Waals surface area contributed by atoms with E-state index in [9.17, 15) is 28.4 Å². The molecule has 2 aromatic rings. The summed E-state index contributed by atoms with van der Waals surface area (Å²) < 4.78 is 15.2. The summed E-state index contributed by atoms with van der Waals surface area (Å²) >= 11 is 0. The zero-order chi connectivity index (χ0) is 29.1. The first-order valence-electron chi connectivity index (χ1n) is 12.0. The summed E-state index contributed by atoms with van der Waals surface area (Å²) in [5, 5.41) is 19.0. The van der Waals surface area contributed by atoms with Crippen molar-refractivity contribution in [1.29, 1.82) is 5.26 Å². The van der Waals surface area contributed by atoms with E-state index in [4.69, 9.17) is 11.0 Å². The molecule has 0 aliphatic heterocycles. The summed E-state index contributed by atoms with van der Waals surface area (Å²) in [5.41, 5.74) is 5.44. The lowest BCUT2D eigenvalue weighted by Gasteiger charge is -2.22. The molecule has 6 N–H and O–H groups in total. The molecule has 208 valence electrons. The number of primary amides is 1. The second-order valence-corrected chi connectivity index (χ2v) is 9.05. The van der Waals surface area contributed by atoms with Gasteiger partial charge in [0.2, 0.25) is 23.6 Å². The SMILES string of the molecule is CC(C)[C@H](NC(=O)c1ccc(F)c(C#N)c1)C(=O)NCCC(=O)N[C@@H](Cc1cncn1C)C(=O)NCC(N)=O. The molecule has 1 aromatic carbocycles. The maximum Gasteiger partial charge on any atom is 0.251 e. The number of nitrogens with two attached hydrogens (primary N) is 1. The van der Waals surface area contributed by atoms with Gasteiger partial charge in [-0.25, -0.2) is 9.37 Å². The van der Waals surface area contributed by atoms with E-state index in [-0.39, 0.29) is 36.4 Å². The lowest BCUT2D eigenvalue weighted by Crippen LogP contribution is -2.51. The van der Waals surface area contributed by atoms with Gasteiger partial charge in [-0.1, -0.05) is 13.8 Å². The summed E-state index contributed by atoms with van der Waals surface area (Å²) in [6.45, 7) is 2.91. The third kappa shape index (κ3) is 9.22. The molecule has 1 heterocycles. The number of aromatic nitrogens is 2. The number of benzene rings is 1. The van der Waals surface area contributed by atoms with E-state index >= 15 is 0 Å². The van der Waals surface area contributed by atoms with Crippen molar-refractivity contribution < 1.29 is 28.4 Å². The molecule has 39 heavy (non-hydrogen) atoms. The summed E-state index contributed by atoms with van der Waals surface area (Å²) in [6, 6.07) is 2.93. The average molecular weight is 543 g/mol. The van der Waals surface area contributed by atoms with E-state index in [1.54, 1.807) is 31.5 Å². The smallest absolute Gasteiger partial charge is 0.251 e. The highest BCUT2D eigenvalue weighted by Gasteiger charge is 2.26. The number of nitrogens with one attached hydrogen (secondary N) is 4. The van der Waals surface area contributed by atoms with Gasteiger partial charge in [0.25, 0.3) is 5.91 Å². The third-order valence-corrected chi connectivity index (χ3v) is 5.65. The van der Waals surface area contributed by atoms with Gasteiger partial charge in [0.15, 0.2) is 0 Å². The van der Waals surface area contributed by atoms with Gasteiger partial charge in [-0.15, -0.1) is 0 Å². The monoisotopic (exact) mass is 542 g/mol. The van der Waals surface area contributed by atoms with Crippen molar-refractivity contribution in [3.05, 3.63) is 53.4 Å². The lowest BCUT2D eigenvalue weighted by molar-refractivity contribution is -0.130. The Morgan fingerprint density at radius 3 is 2.44 bits per heavy atom. The molecule has 0 fully saturated rings. The molecule has 0 saturated carbocycles. The number of hydrogen-bond donors (Lipinski definition) is 5. The van der Waals surface area contributed by atoms with Crippen LogP contribution in [0.5, 0.6) is 0 Å². The van der Waals surface area contributed by atoms with Gasteiger partial charge in [-0.2, -0.15) is 5.26 Å². The van der Waals surface area contributed by atoms with Crippen molar-refractivity contribution in [3.8, 4) is 6.07 Å². The van der Waals surface area contributed by atoms with Gasteiger partial charge < -0.3 is 31.6 Å². The quantitative estimate of drug-likeness (QED) is 0.214. The van der Waals surface area contributed by atoms with E-state index in [1.165, 1.54) is 18.6 Å². The molecule has 0 unspecified atom stereocenters. The molecule has 0 saturated heterocycles. The van der Waals surface area contributed by atoms with Gasteiger partial charge in [0.05, 0.1) is 18.4 Å². The van der Waals surface area contributed by atoms with Crippen LogP contribution in [0.2, 0.25) is 0 Å². The first-order valence-corrected chi connectivity index (χ1v) is 12.0. The van der Waals surface area contributed by atoms with E-state index in [2.05, 4.69) is 26.3 Å². The van der Waals surface area contributed by atoms with Crippen LogP contribution in [0.25, 0.3) is 0 Å². The van der Waals surface area contributed by atoms with Crippen molar-refractivity contribution in [2.45, 2.75) is 38.8 Å². The van der Waals surface area contributed by atoms with Crippen molar-refractivity contribution in [1.82, 2.24) is 30.8 Å². The van der Waals surface area contributed by atoms with Crippen LogP contribution in [0.15, 0.2) is 30.7 Å². The molecular weight excluding hydrogens is 511 g/mol. The number of carbonyl (C=O) groups excluding carboxylic acids is 5. The normalized spacial score (nSPS) is 12.1. The molecular formula is C25H31FN8O5. The number of nitriles is 1. The fraction of sp³-hybridized carbons (Fsp3) is 0.400. The van der Waals surface area contributed by atoms with Crippen molar-refractivity contribution in [2.75, 3.05) is 13.1 Å². The molecule has 0 radical (unpaired) electrons. The van der Waals surface area contributed by atoms with Crippen LogP contribution in [-0.4, -0.2) is 64.3 Å². The van der Waals surface area contributed by atoms with Crippen molar-refractivity contribution >= 4 is 29.5 Å².